The molecule has 0 aliphatic rings. The largest absolute Gasteiger partial charge is 0.395 e. The summed E-state index contributed by atoms with van der Waals surface area (Å²) in [7, 11) is 0. The monoisotopic (exact) mass is 279 g/mol. The summed E-state index contributed by atoms with van der Waals surface area (Å²) in [5.74, 6) is 0.820. The van der Waals surface area contributed by atoms with Gasteiger partial charge in [-0.2, -0.15) is 0 Å². The van der Waals surface area contributed by atoms with Crippen LogP contribution in [0.4, 0.5) is 5.69 Å². The van der Waals surface area contributed by atoms with Crippen molar-refractivity contribution in [1.82, 2.24) is 9.97 Å². The highest BCUT2D eigenvalue weighted by Gasteiger charge is 2.05. The van der Waals surface area contributed by atoms with Gasteiger partial charge in [-0.1, -0.05) is 41.1 Å². The molecule has 0 aliphatic carbocycles. The lowest BCUT2D eigenvalue weighted by molar-refractivity contribution is 1.06. The second kappa shape index (κ2) is 5.59. The molecule has 0 unspecified atom stereocenters. The van der Waals surface area contributed by atoms with E-state index in [1.54, 1.807) is 18.0 Å². The fraction of sp³-hybridized carbons (Fsp3) is 0.231. The van der Waals surface area contributed by atoms with Gasteiger partial charge in [-0.3, -0.25) is 0 Å². The standard InChI is InChI=1S/C13H14ClN3S/c1-8-3-9(2)5-10(4-8)7-18-12-11(15)6-16-13(14)17-12/h3-6H,7,15H2,1-2H3. The van der Waals surface area contributed by atoms with Crippen LogP contribution in [0, 0.1) is 13.8 Å². The molecule has 2 N–H and O–H groups in total. The van der Waals surface area contributed by atoms with Gasteiger partial charge in [0.25, 0.3) is 0 Å². The highest BCUT2D eigenvalue weighted by Crippen LogP contribution is 2.27. The van der Waals surface area contributed by atoms with Crippen molar-refractivity contribution in [2.45, 2.75) is 24.6 Å². The predicted octanol–water partition coefficient (Wildman–Crippen LogP) is 3.62. The minimum Gasteiger partial charge on any atom is -0.395 e. The molecule has 0 atom stereocenters. The second-order valence-corrected chi connectivity index (χ2v) is 5.49. The first kappa shape index (κ1) is 13.2. The van der Waals surface area contributed by atoms with Crippen molar-refractivity contribution in [3.63, 3.8) is 0 Å². The zero-order chi connectivity index (χ0) is 13.1. The fourth-order valence-corrected chi connectivity index (χ4v) is 2.80. The molecule has 0 fully saturated rings. The van der Waals surface area contributed by atoms with E-state index in [4.69, 9.17) is 17.3 Å². The average Bonchev–Trinajstić information content (AvgIpc) is 2.29. The molecule has 0 saturated heterocycles. The minimum absolute atomic E-state index is 0.229. The van der Waals surface area contributed by atoms with E-state index in [1.807, 2.05) is 0 Å². The summed E-state index contributed by atoms with van der Waals surface area (Å²) in [5.41, 5.74) is 10.2. The number of nitrogen functional groups attached to an aromatic ring is 1. The number of aryl methyl sites for hydroxylation is 2. The maximum atomic E-state index is 5.81. The quantitative estimate of drug-likeness (QED) is 0.530. The summed E-state index contributed by atoms with van der Waals surface area (Å²) in [6.07, 6.45) is 1.54. The van der Waals surface area contributed by atoms with Crippen molar-refractivity contribution >= 4 is 29.1 Å². The average molecular weight is 280 g/mol. The van der Waals surface area contributed by atoms with Crippen LogP contribution in [-0.2, 0) is 5.75 Å². The van der Waals surface area contributed by atoms with E-state index in [1.165, 1.54) is 16.7 Å². The van der Waals surface area contributed by atoms with Crippen LogP contribution in [0.3, 0.4) is 0 Å². The van der Waals surface area contributed by atoms with Gasteiger partial charge in [-0.25, -0.2) is 9.97 Å². The molecule has 1 aromatic carbocycles. The number of rotatable bonds is 3. The Balaban J connectivity index is 2.13. The number of nitrogens with zero attached hydrogens (tertiary/aromatic N) is 2. The van der Waals surface area contributed by atoms with E-state index in [2.05, 4.69) is 42.0 Å². The molecule has 94 valence electrons. The van der Waals surface area contributed by atoms with E-state index in [0.717, 1.165) is 10.8 Å². The van der Waals surface area contributed by atoms with Crippen LogP contribution >= 0.6 is 23.4 Å². The topological polar surface area (TPSA) is 51.8 Å². The molecule has 1 heterocycles. The lowest BCUT2D eigenvalue weighted by Crippen LogP contribution is -1.95. The molecule has 0 spiro atoms. The Kier molecular flexibility index (Phi) is 4.09. The van der Waals surface area contributed by atoms with Crippen LogP contribution in [-0.4, -0.2) is 9.97 Å². The Morgan fingerprint density at radius 1 is 1.22 bits per heavy atom. The van der Waals surface area contributed by atoms with E-state index >= 15 is 0 Å². The number of halogens is 1. The van der Waals surface area contributed by atoms with Crippen molar-refractivity contribution in [3.8, 4) is 0 Å². The molecule has 2 aromatic rings. The number of nitrogens with two attached hydrogens (primary N) is 1. The number of hydrogen-bond acceptors (Lipinski definition) is 4. The molecule has 3 nitrogen and oxygen atoms in total. The van der Waals surface area contributed by atoms with Gasteiger partial charge in [0.05, 0.1) is 11.9 Å². The van der Waals surface area contributed by atoms with Crippen LogP contribution in [0.5, 0.6) is 0 Å². The molecule has 0 radical (unpaired) electrons. The zero-order valence-corrected chi connectivity index (χ0v) is 11.8. The summed E-state index contributed by atoms with van der Waals surface area (Å²) in [6, 6.07) is 6.49. The number of thioether (sulfide) groups is 1. The van der Waals surface area contributed by atoms with Gasteiger partial charge in [0.15, 0.2) is 0 Å². The maximum Gasteiger partial charge on any atom is 0.223 e. The molecule has 0 amide bonds. The van der Waals surface area contributed by atoms with Gasteiger partial charge in [-0.15, -0.1) is 0 Å². The van der Waals surface area contributed by atoms with E-state index in [0.29, 0.717) is 5.69 Å². The Morgan fingerprint density at radius 3 is 2.56 bits per heavy atom. The van der Waals surface area contributed by atoms with Crippen molar-refractivity contribution in [1.29, 1.82) is 0 Å². The summed E-state index contributed by atoms with van der Waals surface area (Å²) >= 11 is 7.33. The minimum atomic E-state index is 0.229. The Bertz CT molecular complexity index is 552. The van der Waals surface area contributed by atoms with Gasteiger partial charge in [-0.05, 0) is 31.0 Å². The summed E-state index contributed by atoms with van der Waals surface area (Å²) < 4.78 is 0. The zero-order valence-electron chi connectivity index (χ0n) is 10.3. The van der Waals surface area contributed by atoms with Gasteiger partial charge in [0, 0.05) is 5.75 Å². The third-order valence-electron chi connectivity index (χ3n) is 2.41. The number of hydrogen-bond donors (Lipinski definition) is 1. The molecule has 5 heteroatoms. The van der Waals surface area contributed by atoms with E-state index in [9.17, 15) is 0 Å². The lowest BCUT2D eigenvalue weighted by Gasteiger charge is -2.06. The first-order valence-electron chi connectivity index (χ1n) is 5.52. The third-order valence-corrected chi connectivity index (χ3v) is 3.67. The second-order valence-electron chi connectivity index (χ2n) is 4.18. The lowest BCUT2D eigenvalue weighted by atomic mass is 10.1. The summed E-state index contributed by atoms with van der Waals surface area (Å²) in [6.45, 7) is 4.19. The molecule has 1 aromatic heterocycles. The first-order chi connectivity index (χ1) is 8.54. The molecular weight excluding hydrogens is 266 g/mol. The van der Waals surface area contributed by atoms with Crippen LogP contribution in [0.15, 0.2) is 29.4 Å². The third kappa shape index (κ3) is 3.37. The van der Waals surface area contributed by atoms with Crippen LogP contribution < -0.4 is 5.73 Å². The number of aromatic nitrogens is 2. The van der Waals surface area contributed by atoms with Crippen molar-refractivity contribution < 1.29 is 0 Å². The van der Waals surface area contributed by atoms with Crippen molar-refractivity contribution in [3.05, 3.63) is 46.4 Å². The SMILES string of the molecule is Cc1cc(C)cc(CSc2nc(Cl)ncc2N)c1. The highest BCUT2D eigenvalue weighted by atomic mass is 35.5. The van der Waals surface area contributed by atoms with E-state index < -0.39 is 0 Å². The van der Waals surface area contributed by atoms with Crippen LogP contribution in [0.25, 0.3) is 0 Å². The maximum absolute atomic E-state index is 5.81. The Labute approximate surface area is 116 Å². The Hall–Kier alpha value is -1.26. The summed E-state index contributed by atoms with van der Waals surface area (Å²) in [5, 5.41) is 0.960. The number of benzene rings is 1. The van der Waals surface area contributed by atoms with Crippen molar-refractivity contribution in [2.75, 3.05) is 5.73 Å². The van der Waals surface area contributed by atoms with Gasteiger partial charge < -0.3 is 5.73 Å². The van der Waals surface area contributed by atoms with Gasteiger partial charge in [0.2, 0.25) is 5.28 Å². The van der Waals surface area contributed by atoms with Crippen molar-refractivity contribution in [2.24, 2.45) is 0 Å². The smallest absolute Gasteiger partial charge is 0.223 e. The fourth-order valence-electron chi connectivity index (χ4n) is 1.77. The van der Waals surface area contributed by atoms with Gasteiger partial charge >= 0.3 is 0 Å². The molecule has 0 bridgehead atoms. The predicted molar refractivity (Wildman–Crippen MR) is 76.9 cm³/mol. The molecular formula is C13H14ClN3S. The van der Waals surface area contributed by atoms with Crippen LogP contribution in [0.1, 0.15) is 16.7 Å². The molecule has 2 rings (SSSR count). The highest BCUT2D eigenvalue weighted by molar-refractivity contribution is 7.98. The summed E-state index contributed by atoms with van der Waals surface area (Å²) in [4.78, 5) is 7.96. The Morgan fingerprint density at radius 2 is 1.89 bits per heavy atom. The first-order valence-corrected chi connectivity index (χ1v) is 6.89. The van der Waals surface area contributed by atoms with Gasteiger partial charge in [0.1, 0.15) is 5.03 Å². The normalized spacial score (nSPS) is 10.6. The molecule has 0 aliphatic heterocycles. The molecule has 0 saturated carbocycles. The number of anilines is 1. The van der Waals surface area contributed by atoms with E-state index in [-0.39, 0.29) is 5.28 Å². The molecule has 18 heavy (non-hydrogen) atoms. The van der Waals surface area contributed by atoms with Crippen LogP contribution in [0.2, 0.25) is 5.28 Å².